The van der Waals surface area contributed by atoms with Crippen LogP contribution in [0.4, 0.5) is 5.69 Å². The van der Waals surface area contributed by atoms with Gasteiger partial charge in [0.2, 0.25) is 0 Å². The predicted molar refractivity (Wildman–Crippen MR) is 97.4 cm³/mol. The molecule has 5 nitrogen and oxygen atoms in total. The van der Waals surface area contributed by atoms with Crippen molar-refractivity contribution in [2.24, 2.45) is 0 Å². The number of nitrogens with zero attached hydrogens (tertiary/aromatic N) is 1. The number of rotatable bonds is 2. The SMILES string of the molecule is COc1ccc(N2C(=O)c3ccccc3C3(CCCCCO3)C2=O)cc1. The van der Waals surface area contributed by atoms with E-state index >= 15 is 0 Å². The summed E-state index contributed by atoms with van der Waals surface area (Å²) >= 11 is 0. The van der Waals surface area contributed by atoms with Crippen LogP contribution in [0.3, 0.4) is 0 Å². The highest BCUT2D eigenvalue weighted by Crippen LogP contribution is 2.43. The van der Waals surface area contributed by atoms with Gasteiger partial charge in [0.25, 0.3) is 11.8 Å². The number of amides is 2. The minimum absolute atomic E-state index is 0.298. The van der Waals surface area contributed by atoms with Gasteiger partial charge in [0.15, 0.2) is 5.60 Å². The Labute approximate surface area is 152 Å². The number of fused-ring (bicyclic) bond motifs is 2. The normalized spacial score (nSPS) is 22.9. The van der Waals surface area contributed by atoms with E-state index in [-0.39, 0.29) is 11.8 Å². The molecule has 2 aromatic carbocycles. The van der Waals surface area contributed by atoms with Gasteiger partial charge in [-0.15, -0.1) is 0 Å². The van der Waals surface area contributed by atoms with Crippen LogP contribution in [-0.2, 0) is 15.1 Å². The zero-order valence-electron chi connectivity index (χ0n) is 14.7. The third kappa shape index (κ3) is 2.51. The van der Waals surface area contributed by atoms with E-state index in [4.69, 9.17) is 9.47 Å². The Bertz CT molecular complexity index is 835. The molecule has 26 heavy (non-hydrogen) atoms. The highest BCUT2D eigenvalue weighted by atomic mass is 16.5. The summed E-state index contributed by atoms with van der Waals surface area (Å²) in [5, 5.41) is 0. The second-order valence-corrected chi connectivity index (χ2v) is 6.68. The van der Waals surface area contributed by atoms with E-state index in [2.05, 4.69) is 0 Å². The zero-order chi connectivity index (χ0) is 18.1. The standard InChI is InChI=1S/C21H21NO4/c1-25-16-11-9-15(10-12-16)22-19(23)17-7-3-4-8-18(17)21(20(22)24)13-5-2-6-14-26-21/h3-4,7-12H,2,5-6,13-14H2,1H3. The first-order chi connectivity index (χ1) is 12.7. The maximum absolute atomic E-state index is 13.5. The molecule has 0 bridgehead atoms. The van der Waals surface area contributed by atoms with E-state index < -0.39 is 5.60 Å². The van der Waals surface area contributed by atoms with Crippen molar-refractivity contribution in [2.75, 3.05) is 18.6 Å². The van der Waals surface area contributed by atoms with Crippen molar-refractivity contribution in [1.29, 1.82) is 0 Å². The lowest BCUT2D eigenvalue weighted by Gasteiger charge is -2.41. The maximum atomic E-state index is 13.5. The number of ether oxygens (including phenoxy) is 2. The van der Waals surface area contributed by atoms with Gasteiger partial charge >= 0.3 is 0 Å². The van der Waals surface area contributed by atoms with Crippen LogP contribution in [-0.4, -0.2) is 25.5 Å². The Morgan fingerprint density at radius 3 is 2.54 bits per heavy atom. The fraction of sp³-hybridized carbons (Fsp3) is 0.333. The molecular weight excluding hydrogens is 330 g/mol. The van der Waals surface area contributed by atoms with E-state index in [1.165, 1.54) is 4.90 Å². The molecule has 2 aromatic rings. The molecule has 1 spiro atoms. The van der Waals surface area contributed by atoms with E-state index in [1.54, 1.807) is 37.4 Å². The summed E-state index contributed by atoms with van der Waals surface area (Å²) in [5.41, 5.74) is 0.676. The molecule has 2 aliphatic heterocycles. The molecule has 1 unspecified atom stereocenters. The molecule has 2 heterocycles. The molecule has 0 aliphatic carbocycles. The first kappa shape index (κ1) is 16.8. The van der Waals surface area contributed by atoms with Crippen molar-refractivity contribution in [2.45, 2.75) is 31.3 Å². The van der Waals surface area contributed by atoms with Crippen molar-refractivity contribution < 1.29 is 19.1 Å². The van der Waals surface area contributed by atoms with Crippen LogP contribution in [0.1, 0.15) is 41.6 Å². The number of hydrogen-bond donors (Lipinski definition) is 0. The van der Waals surface area contributed by atoms with Crippen LogP contribution < -0.4 is 9.64 Å². The smallest absolute Gasteiger partial charge is 0.270 e. The number of hydrogen-bond acceptors (Lipinski definition) is 4. The summed E-state index contributed by atoms with van der Waals surface area (Å²) in [4.78, 5) is 27.9. The molecule has 2 aliphatic rings. The van der Waals surface area contributed by atoms with Gasteiger partial charge in [-0.05, 0) is 49.6 Å². The zero-order valence-corrected chi connectivity index (χ0v) is 14.7. The lowest BCUT2D eigenvalue weighted by Crippen LogP contribution is -2.56. The van der Waals surface area contributed by atoms with Crippen molar-refractivity contribution in [3.05, 3.63) is 59.7 Å². The van der Waals surface area contributed by atoms with E-state index in [0.29, 0.717) is 35.6 Å². The van der Waals surface area contributed by atoms with Crippen molar-refractivity contribution in [3.8, 4) is 5.75 Å². The van der Waals surface area contributed by atoms with Crippen LogP contribution in [0.25, 0.3) is 0 Å². The van der Waals surface area contributed by atoms with Gasteiger partial charge in [-0.1, -0.05) is 24.6 Å². The molecule has 4 rings (SSSR count). The quantitative estimate of drug-likeness (QED) is 0.775. The third-order valence-electron chi connectivity index (χ3n) is 5.20. The second-order valence-electron chi connectivity index (χ2n) is 6.68. The Morgan fingerprint density at radius 2 is 1.77 bits per heavy atom. The first-order valence-electron chi connectivity index (χ1n) is 8.94. The van der Waals surface area contributed by atoms with Gasteiger partial charge in [-0.2, -0.15) is 0 Å². The van der Waals surface area contributed by atoms with E-state index in [0.717, 1.165) is 19.3 Å². The van der Waals surface area contributed by atoms with Crippen LogP contribution in [0.5, 0.6) is 5.75 Å². The Kier molecular flexibility index (Phi) is 4.24. The molecule has 134 valence electrons. The second kappa shape index (κ2) is 6.57. The molecule has 1 fully saturated rings. The summed E-state index contributed by atoms with van der Waals surface area (Å²) in [6.07, 6.45) is 3.43. The van der Waals surface area contributed by atoms with Gasteiger partial charge in [-0.3, -0.25) is 9.59 Å². The van der Waals surface area contributed by atoms with E-state index in [1.807, 2.05) is 18.2 Å². The lowest BCUT2D eigenvalue weighted by atomic mass is 9.80. The third-order valence-corrected chi connectivity index (χ3v) is 5.20. The van der Waals surface area contributed by atoms with Crippen molar-refractivity contribution in [1.82, 2.24) is 0 Å². The number of carbonyl (C=O) groups excluding carboxylic acids is 2. The van der Waals surface area contributed by atoms with Crippen LogP contribution in [0.2, 0.25) is 0 Å². The predicted octanol–water partition coefficient (Wildman–Crippen LogP) is 3.67. The van der Waals surface area contributed by atoms with Crippen molar-refractivity contribution >= 4 is 17.5 Å². The highest BCUT2D eigenvalue weighted by Gasteiger charge is 2.52. The molecule has 0 radical (unpaired) electrons. The number of methoxy groups -OCH3 is 1. The molecular formula is C21H21NO4. The summed E-state index contributed by atoms with van der Waals surface area (Å²) in [5.74, 6) is 0.0639. The van der Waals surface area contributed by atoms with Gasteiger partial charge < -0.3 is 9.47 Å². The summed E-state index contributed by atoms with van der Waals surface area (Å²) in [6, 6.07) is 14.3. The topological polar surface area (TPSA) is 55.8 Å². The summed E-state index contributed by atoms with van der Waals surface area (Å²) < 4.78 is 11.3. The number of anilines is 1. The fourth-order valence-electron chi connectivity index (χ4n) is 3.85. The monoisotopic (exact) mass is 351 g/mol. The van der Waals surface area contributed by atoms with Crippen LogP contribution in [0.15, 0.2) is 48.5 Å². The van der Waals surface area contributed by atoms with Crippen molar-refractivity contribution in [3.63, 3.8) is 0 Å². The Balaban J connectivity index is 1.86. The molecule has 0 aromatic heterocycles. The molecule has 0 saturated carbocycles. The summed E-state index contributed by atoms with van der Waals surface area (Å²) in [7, 11) is 1.58. The highest BCUT2D eigenvalue weighted by molar-refractivity contribution is 6.27. The average molecular weight is 351 g/mol. The molecule has 5 heteroatoms. The molecule has 2 amide bonds. The molecule has 0 N–H and O–H groups in total. The largest absolute Gasteiger partial charge is 0.497 e. The average Bonchev–Trinajstić information content (AvgIpc) is 2.94. The lowest BCUT2D eigenvalue weighted by molar-refractivity contribution is -0.146. The maximum Gasteiger partial charge on any atom is 0.270 e. The van der Waals surface area contributed by atoms with Crippen LogP contribution in [0, 0.1) is 0 Å². The Hall–Kier alpha value is -2.66. The molecule has 1 atom stereocenters. The van der Waals surface area contributed by atoms with E-state index in [9.17, 15) is 9.59 Å². The van der Waals surface area contributed by atoms with Crippen LogP contribution >= 0.6 is 0 Å². The first-order valence-corrected chi connectivity index (χ1v) is 8.94. The number of carbonyl (C=O) groups is 2. The number of benzene rings is 2. The number of imide groups is 1. The van der Waals surface area contributed by atoms with Gasteiger partial charge in [0.05, 0.1) is 12.8 Å². The fourth-order valence-corrected chi connectivity index (χ4v) is 3.85. The van der Waals surface area contributed by atoms with Gasteiger partial charge in [-0.25, -0.2) is 4.90 Å². The minimum atomic E-state index is -1.08. The summed E-state index contributed by atoms with van der Waals surface area (Å²) in [6.45, 7) is 0.519. The van der Waals surface area contributed by atoms with Gasteiger partial charge in [0, 0.05) is 17.7 Å². The Morgan fingerprint density at radius 1 is 1.00 bits per heavy atom. The van der Waals surface area contributed by atoms with Gasteiger partial charge in [0.1, 0.15) is 5.75 Å². The molecule has 1 saturated heterocycles. The minimum Gasteiger partial charge on any atom is -0.497 e.